The Morgan fingerprint density at radius 3 is 2.67 bits per heavy atom. The number of nitriles is 2. The Morgan fingerprint density at radius 1 is 1.22 bits per heavy atom. The first-order valence-corrected chi connectivity index (χ1v) is 11.7. The molecule has 0 radical (unpaired) electrons. The van der Waals surface area contributed by atoms with Crippen LogP contribution < -0.4 is 31.6 Å². The van der Waals surface area contributed by atoms with Crippen LogP contribution in [-0.2, 0) is 6.61 Å². The summed E-state index contributed by atoms with van der Waals surface area (Å²) in [5.41, 5.74) is 14.2. The van der Waals surface area contributed by atoms with Gasteiger partial charge in [-0.05, 0) is 45.8 Å². The number of fused-ring (bicyclic) bond motifs is 1. The van der Waals surface area contributed by atoms with Gasteiger partial charge in [0.2, 0.25) is 5.96 Å². The van der Waals surface area contributed by atoms with Crippen molar-refractivity contribution in [2.24, 2.45) is 4.99 Å². The average molecular weight is 588 g/mol. The highest BCUT2D eigenvalue weighted by molar-refractivity contribution is 9.10. The minimum absolute atomic E-state index is 0.0401. The lowest BCUT2D eigenvalue weighted by molar-refractivity contribution is 0.282. The highest BCUT2D eigenvalue weighted by Crippen LogP contribution is 2.45. The fourth-order valence-electron chi connectivity index (χ4n) is 3.65. The van der Waals surface area contributed by atoms with Crippen molar-refractivity contribution < 1.29 is 9.47 Å². The predicted molar refractivity (Wildman–Crippen MR) is 141 cm³/mol. The first-order valence-electron chi connectivity index (χ1n) is 10.2. The summed E-state index contributed by atoms with van der Waals surface area (Å²) in [6, 6.07) is 9.86. The molecule has 4 rings (SSSR count). The largest absolute Gasteiger partial charge is 0.493 e. The molecule has 36 heavy (non-hydrogen) atoms. The Labute approximate surface area is 224 Å². The summed E-state index contributed by atoms with van der Waals surface area (Å²) in [4.78, 5) is 8.82. The van der Waals surface area contributed by atoms with Crippen LogP contribution in [0.25, 0.3) is 0 Å². The van der Waals surface area contributed by atoms with E-state index in [1.165, 1.54) is 7.11 Å². The number of halogens is 3. The number of hydrogen-bond donors (Lipinski definition) is 4. The second kappa shape index (κ2) is 10.4. The highest BCUT2D eigenvalue weighted by Gasteiger charge is 2.31. The van der Waals surface area contributed by atoms with E-state index in [1.807, 2.05) is 12.3 Å². The highest BCUT2D eigenvalue weighted by atomic mass is 79.9. The molecule has 182 valence electrons. The van der Waals surface area contributed by atoms with E-state index in [4.69, 9.17) is 49.4 Å². The van der Waals surface area contributed by atoms with Crippen LogP contribution in [0.3, 0.4) is 0 Å². The smallest absolute Gasteiger partial charge is 0.211 e. The van der Waals surface area contributed by atoms with Gasteiger partial charge >= 0.3 is 0 Å². The van der Waals surface area contributed by atoms with Gasteiger partial charge in [-0.3, -0.25) is 5.32 Å². The molecule has 0 saturated heterocycles. The fourth-order valence-corrected chi connectivity index (χ4v) is 4.69. The van der Waals surface area contributed by atoms with Crippen molar-refractivity contribution in [3.8, 4) is 23.8 Å². The van der Waals surface area contributed by atoms with Crippen molar-refractivity contribution in [2.45, 2.75) is 12.6 Å². The second-order valence-corrected chi connectivity index (χ2v) is 9.16. The van der Waals surface area contributed by atoms with E-state index in [2.05, 4.69) is 36.5 Å². The SMILES string of the molecule is COc1cc(C2N=C(NC#N)Nc3nc(N)c(C#N)c(N)c32)cc(Br)c1OCc1ccc(Cl)cc1Cl. The summed E-state index contributed by atoms with van der Waals surface area (Å²) < 4.78 is 12.2. The van der Waals surface area contributed by atoms with Crippen molar-refractivity contribution in [3.63, 3.8) is 0 Å². The van der Waals surface area contributed by atoms with E-state index < -0.39 is 6.04 Å². The maximum absolute atomic E-state index is 9.52. The van der Waals surface area contributed by atoms with E-state index in [9.17, 15) is 5.26 Å². The van der Waals surface area contributed by atoms with E-state index in [0.717, 1.165) is 5.56 Å². The molecule has 1 unspecified atom stereocenters. The quantitative estimate of drug-likeness (QED) is 0.244. The first kappa shape index (κ1) is 25.2. The number of benzene rings is 2. The van der Waals surface area contributed by atoms with Crippen molar-refractivity contribution in [1.29, 1.82) is 10.5 Å². The molecule has 3 aromatic rings. The molecule has 1 aromatic heterocycles. The number of nitrogens with two attached hydrogens (primary N) is 2. The van der Waals surface area contributed by atoms with Gasteiger partial charge < -0.3 is 26.3 Å². The molecule has 0 amide bonds. The third kappa shape index (κ3) is 4.77. The van der Waals surface area contributed by atoms with Crippen LogP contribution in [0.2, 0.25) is 10.0 Å². The molecule has 1 atom stereocenters. The fraction of sp³-hybridized carbons (Fsp3) is 0.130. The lowest BCUT2D eigenvalue weighted by atomic mass is 9.95. The number of nitrogens with one attached hydrogen (secondary N) is 2. The number of aliphatic imine (C=N–C) groups is 1. The number of pyridine rings is 1. The number of aromatic nitrogens is 1. The van der Waals surface area contributed by atoms with Gasteiger partial charge in [0.05, 0.1) is 17.3 Å². The molecule has 0 aliphatic carbocycles. The normalized spacial score (nSPS) is 13.9. The van der Waals surface area contributed by atoms with Crippen LogP contribution in [-0.4, -0.2) is 18.1 Å². The second-order valence-electron chi connectivity index (χ2n) is 7.46. The number of ether oxygens (including phenoxy) is 2. The number of nitrogen functional groups attached to an aromatic ring is 2. The Balaban J connectivity index is 1.78. The van der Waals surface area contributed by atoms with Crippen LogP contribution >= 0.6 is 39.1 Å². The van der Waals surface area contributed by atoms with Gasteiger partial charge in [0, 0.05) is 21.2 Å². The zero-order valence-corrected chi connectivity index (χ0v) is 21.7. The van der Waals surface area contributed by atoms with Crippen LogP contribution in [0, 0.1) is 22.8 Å². The van der Waals surface area contributed by atoms with Crippen molar-refractivity contribution in [1.82, 2.24) is 10.3 Å². The molecule has 0 saturated carbocycles. The lowest BCUT2D eigenvalue weighted by Crippen LogP contribution is -2.32. The molecular formula is C23H17BrCl2N8O2. The molecule has 2 aromatic carbocycles. The van der Waals surface area contributed by atoms with Gasteiger partial charge in [0.25, 0.3) is 0 Å². The van der Waals surface area contributed by atoms with Crippen LogP contribution in [0.5, 0.6) is 11.5 Å². The number of rotatable bonds is 5. The lowest BCUT2D eigenvalue weighted by Gasteiger charge is -2.27. The molecule has 1 aliphatic heterocycles. The Kier molecular flexibility index (Phi) is 7.27. The topological polar surface area (TPSA) is 167 Å². The predicted octanol–water partition coefficient (Wildman–Crippen LogP) is 4.72. The average Bonchev–Trinajstić information content (AvgIpc) is 2.83. The summed E-state index contributed by atoms with van der Waals surface area (Å²) in [6.45, 7) is 0.163. The molecule has 0 bridgehead atoms. The summed E-state index contributed by atoms with van der Waals surface area (Å²) in [7, 11) is 1.50. The van der Waals surface area contributed by atoms with Crippen LogP contribution in [0.1, 0.15) is 28.3 Å². The third-order valence-corrected chi connectivity index (χ3v) is 6.49. The molecular weight excluding hydrogens is 571 g/mol. The Bertz CT molecular complexity index is 1480. The zero-order chi connectivity index (χ0) is 26.0. The van der Waals surface area contributed by atoms with E-state index in [1.54, 1.807) is 30.3 Å². The van der Waals surface area contributed by atoms with Gasteiger partial charge in [0.1, 0.15) is 35.9 Å². The van der Waals surface area contributed by atoms with E-state index in [0.29, 0.717) is 37.1 Å². The minimum atomic E-state index is -0.748. The number of hydrogen-bond acceptors (Lipinski definition) is 10. The van der Waals surface area contributed by atoms with Gasteiger partial charge in [-0.2, -0.15) is 10.5 Å². The Hall–Kier alpha value is -3.90. The van der Waals surface area contributed by atoms with Gasteiger partial charge in [-0.15, -0.1) is 0 Å². The maximum Gasteiger partial charge on any atom is 0.211 e. The molecule has 13 heteroatoms. The van der Waals surface area contributed by atoms with Gasteiger partial charge in [0.15, 0.2) is 17.7 Å². The number of guanidine groups is 1. The zero-order valence-electron chi connectivity index (χ0n) is 18.6. The van der Waals surface area contributed by atoms with E-state index in [-0.39, 0.29) is 35.5 Å². The van der Waals surface area contributed by atoms with Crippen LogP contribution in [0.15, 0.2) is 39.8 Å². The summed E-state index contributed by atoms with van der Waals surface area (Å²) in [6.07, 6.45) is 1.82. The summed E-state index contributed by atoms with van der Waals surface area (Å²) in [5.74, 6) is 1.20. The van der Waals surface area contributed by atoms with Crippen molar-refractivity contribution in [3.05, 3.63) is 67.1 Å². The Morgan fingerprint density at radius 2 is 2.00 bits per heavy atom. The molecule has 10 nitrogen and oxygen atoms in total. The molecule has 1 aliphatic rings. The summed E-state index contributed by atoms with van der Waals surface area (Å²) in [5, 5.41) is 25.0. The molecule has 0 fully saturated rings. The monoisotopic (exact) mass is 586 g/mol. The van der Waals surface area contributed by atoms with Crippen molar-refractivity contribution >= 4 is 62.4 Å². The molecule has 0 spiro atoms. The number of nitrogens with zero attached hydrogens (tertiary/aromatic N) is 4. The van der Waals surface area contributed by atoms with Crippen molar-refractivity contribution in [2.75, 3.05) is 23.9 Å². The molecule has 2 heterocycles. The number of methoxy groups -OCH3 is 1. The molecule has 6 N–H and O–H groups in total. The first-order chi connectivity index (χ1) is 17.3. The summed E-state index contributed by atoms with van der Waals surface area (Å²) >= 11 is 15.8. The van der Waals surface area contributed by atoms with Gasteiger partial charge in [-0.25, -0.2) is 9.98 Å². The third-order valence-electron chi connectivity index (χ3n) is 5.31. The maximum atomic E-state index is 9.52. The van der Waals surface area contributed by atoms with Gasteiger partial charge in [-0.1, -0.05) is 29.3 Å². The minimum Gasteiger partial charge on any atom is -0.493 e. The van der Waals surface area contributed by atoms with E-state index >= 15 is 0 Å². The van der Waals surface area contributed by atoms with Crippen LogP contribution in [0.4, 0.5) is 17.3 Å². The standard InChI is InChI=1S/C23H17BrCl2N8O2/c1-35-16-5-11(4-14(24)20(16)36-8-10-2-3-12(25)6-15(10)26)19-17-18(29)13(7-27)21(30)33-22(17)34-23(32-19)31-9-28/h2-6,19H,8H2,1H3,(H6,29,30,31,32,33,34). The number of anilines is 3.